The molecule has 2 atom stereocenters. The molecule has 242 valence electrons. The summed E-state index contributed by atoms with van der Waals surface area (Å²) in [7, 11) is 0. The van der Waals surface area contributed by atoms with Crippen molar-refractivity contribution in [2.45, 2.75) is 25.1 Å². The van der Waals surface area contributed by atoms with Crippen LogP contribution in [0.25, 0.3) is 16.8 Å². The van der Waals surface area contributed by atoms with E-state index in [4.69, 9.17) is 9.47 Å². The van der Waals surface area contributed by atoms with Gasteiger partial charge in [0, 0.05) is 62.5 Å². The summed E-state index contributed by atoms with van der Waals surface area (Å²) in [6, 6.07) is 21.4. The summed E-state index contributed by atoms with van der Waals surface area (Å²) in [4.78, 5) is 46.3. The number of para-hydroxylation sites is 1. The summed E-state index contributed by atoms with van der Waals surface area (Å²) in [5, 5.41) is 10.1. The average molecular weight is 647 g/mol. The number of piperidine rings is 1. The SMILES string of the molecule is O=C1COc2cccc(c2)-c2cncc(c2)C(=O)N[C@@H]2CN(C(=O)c3ccccc3-n3cccn3)CC[C@@H]2Oc2cc(F)cc(c2)CN1. The summed E-state index contributed by atoms with van der Waals surface area (Å²) in [6.07, 6.45) is 6.26. The second-order valence-corrected chi connectivity index (χ2v) is 11.6. The first-order chi connectivity index (χ1) is 23.4. The maximum Gasteiger partial charge on any atom is 0.258 e. The van der Waals surface area contributed by atoms with Crippen LogP contribution in [0.5, 0.6) is 11.5 Å². The first kappa shape index (κ1) is 30.6. The highest BCUT2D eigenvalue weighted by molar-refractivity contribution is 5.98. The van der Waals surface area contributed by atoms with E-state index in [0.29, 0.717) is 46.7 Å². The van der Waals surface area contributed by atoms with Crippen molar-refractivity contribution in [3.05, 3.63) is 126 Å². The number of pyridine rings is 1. The topological polar surface area (TPSA) is 128 Å². The van der Waals surface area contributed by atoms with Crippen LogP contribution in [0.15, 0.2) is 104 Å². The molecule has 6 bridgehead atoms. The van der Waals surface area contributed by atoms with Crippen molar-refractivity contribution in [3.8, 4) is 28.3 Å². The first-order valence-electron chi connectivity index (χ1n) is 15.5. The molecule has 0 saturated carbocycles. The molecule has 12 heteroatoms. The zero-order chi connectivity index (χ0) is 33.0. The number of nitrogens with zero attached hydrogens (tertiary/aromatic N) is 4. The Labute approximate surface area is 275 Å². The molecule has 2 aliphatic rings. The van der Waals surface area contributed by atoms with E-state index in [1.807, 2.05) is 18.2 Å². The number of ether oxygens (including phenoxy) is 2. The summed E-state index contributed by atoms with van der Waals surface area (Å²) in [5.74, 6) is -0.855. The minimum absolute atomic E-state index is 0.0522. The van der Waals surface area contributed by atoms with Gasteiger partial charge in [-0.2, -0.15) is 5.10 Å². The number of hydrogen-bond acceptors (Lipinski definition) is 7. The van der Waals surface area contributed by atoms with E-state index in [0.717, 1.165) is 5.56 Å². The van der Waals surface area contributed by atoms with Gasteiger partial charge in [-0.15, -0.1) is 0 Å². The Morgan fingerprint density at radius 3 is 2.67 bits per heavy atom. The molecule has 0 aliphatic carbocycles. The Hall–Kier alpha value is -6.04. The van der Waals surface area contributed by atoms with Gasteiger partial charge in [0.15, 0.2) is 6.61 Å². The Balaban J connectivity index is 1.22. The summed E-state index contributed by atoms with van der Waals surface area (Å²) in [6.45, 7) is 0.271. The zero-order valence-corrected chi connectivity index (χ0v) is 25.7. The lowest BCUT2D eigenvalue weighted by molar-refractivity contribution is -0.123. The Morgan fingerprint density at radius 2 is 1.79 bits per heavy atom. The average Bonchev–Trinajstić information content (AvgIpc) is 3.65. The summed E-state index contributed by atoms with van der Waals surface area (Å²) >= 11 is 0. The highest BCUT2D eigenvalue weighted by Crippen LogP contribution is 2.27. The molecule has 3 amide bonds. The van der Waals surface area contributed by atoms with Gasteiger partial charge in [-0.3, -0.25) is 19.4 Å². The van der Waals surface area contributed by atoms with Gasteiger partial charge < -0.3 is 25.0 Å². The monoisotopic (exact) mass is 646 g/mol. The number of amides is 3. The van der Waals surface area contributed by atoms with Crippen molar-refractivity contribution in [3.63, 3.8) is 0 Å². The molecular formula is C36H31FN6O5. The third kappa shape index (κ3) is 6.73. The fourth-order valence-corrected chi connectivity index (χ4v) is 5.94. The fraction of sp³-hybridized carbons (Fsp3) is 0.194. The molecule has 2 aliphatic heterocycles. The molecule has 1 saturated heterocycles. The van der Waals surface area contributed by atoms with Gasteiger partial charge in [0.1, 0.15) is 23.4 Å². The highest BCUT2D eigenvalue weighted by Gasteiger charge is 2.35. The van der Waals surface area contributed by atoms with Gasteiger partial charge in [0.2, 0.25) is 0 Å². The lowest BCUT2D eigenvalue weighted by Gasteiger charge is -2.39. The fourth-order valence-electron chi connectivity index (χ4n) is 5.94. The van der Waals surface area contributed by atoms with Gasteiger partial charge in [0.05, 0.1) is 22.9 Å². The van der Waals surface area contributed by atoms with Crippen molar-refractivity contribution in [1.82, 2.24) is 30.3 Å². The van der Waals surface area contributed by atoms with Crippen molar-refractivity contribution in [2.75, 3.05) is 19.7 Å². The zero-order valence-electron chi connectivity index (χ0n) is 25.7. The van der Waals surface area contributed by atoms with E-state index in [1.54, 1.807) is 76.7 Å². The molecule has 2 aromatic heterocycles. The molecule has 7 rings (SSSR count). The second-order valence-electron chi connectivity index (χ2n) is 11.6. The van der Waals surface area contributed by atoms with Crippen molar-refractivity contribution in [2.24, 2.45) is 0 Å². The number of likely N-dealkylation sites (tertiary alicyclic amines) is 1. The van der Waals surface area contributed by atoms with Crippen LogP contribution >= 0.6 is 0 Å². The first-order valence-corrected chi connectivity index (χ1v) is 15.5. The van der Waals surface area contributed by atoms with Gasteiger partial charge >= 0.3 is 0 Å². The van der Waals surface area contributed by atoms with Crippen LogP contribution < -0.4 is 20.1 Å². The van der Waals surface area contributed by atoms with E-state index in [2.05, 4.69) is 20.7 Å². The van der Waals surface area contributed by atoms with Crippen LogP contribution in [0.1, 0.15) is 32.7 Å². The highest BCUT2D eigenvalue weighted by atomic mass is 19.1. The molecule has 2 N–H and O–H groups in total. The molecule has 0 radical (unpaired) electrons. The largest absolute Gasteiger partial charge is 0.488 e. The molecule has 11 nitrogen and oxygen atoms in total. The Bertz CT molecular complexity index is 1980. The predicted molar refractivity (Wildman–Crippen MR) is 173 cm³/mol. The smallest absolute Gasteiger partial charge is 0.258 e. The van der Waals surface area contributed by atoms with Crippen molar-refractivity contribution < 1.29 is 28.2 Å². The minimum Gasteiger partial charge on any atom is -0.488 e. The number of fused-ring (bicyclic) bond motifs is 8. The standard InChI is InChI=1S/C36H31FN6O5/c37-27-13-23-14-29(17-27)48-33-9-12-42(36(46)30-7-1-2-8-32(30)43-11-4-10-40-43)21-31(33)41-35(45)26-15-25(19-38-20-26)24-5-3-6-28(16-24)47-22-34(44)39-18-23/h1-8,10-11,13-17,19-20,31,33H,9,12,18,21-22H2,(H,39,44)(H,41,45)/t31-,33+/m1/s1. The maximum atomic E-state index is 14.8. The van der Waals surface area contributed by atoms with Gasteiger partial charge in [-0.1, -0.05) is 24.3 Å². The molecule has 0 spiro atoms. The van der Waals surface area contributed by atoms with E-state index in [-0.39, 0.29) is 37.3 Å². The summed E-state index contributed by atoms with van der Waals surface area (Å²) < 4.78 is 28.4. The number of benzene rings is 3. The van der Waals surface area contributed by atoms with E-state index in [9.17, 15) is 18.8 Å². The normalized spacial score (nSPS) is 18.1. The Kier molecular flexibility index (Phi) is 8.52. The third-order valence-corrected chi connectivity index (χ3v) is 8.28. The molecular weight excluding hydrogens is 615 g/mol. The lowest BCUT2D eigenvalue weighted by atomic mass is 9.99. The van der Waals surface area contributed by atoms with E-state index < -0.39 is 23.9 Å². The lowest BCUT2D eigenvalue weighted by Crippen LogP contribution is -2.58. The minimum atomic E-state index is -0.666. The van der Waals surface area contributed by atoms with Crippen LogP contribution in [-0.2, 0) is 11.3 Å². The van der Waals surface area contributed by atoms with Crippen LogP contribution in [0.4, 0.5) is 4.39 Å². The van der Waals surface area contributed by atoms with Crippen LogP contribution in [0.2, 0.25) is 0 Å². The number of carbonyl (C=O) groups is 3. The van der Waals surface area contributed by atoms with Crippen LogP contribution in [0.3, 0.4) is 0 Å². The van der Waals surface area contributed by atoms with Gasteiger partial charge in [-0.05, 0) is 59.7 Å². The van der Waals surface area contributed by atoms with E-state index >= 15 is 0 Å². The second kappa shape index (κ2) is 13.4. The predicted octanol–water partition coefficient (Wildman–Crippen LogP) is 4.17. The molecule has 4 heterocycles. The van der Waals surface area contributed by atoms with Crippen molar-refractivity contribution in [1.29, 1.82) is 0 Å². The molecule has 3 aromatic carbocycles. The van der Waals surface area contributed by atoms with E-state index in [1.165, 1.54) is 18.3 Å². The van der Waals surface area contributed by atoms with Gasteiger partial charge in [0.25, 0.3) is 17.7 Å². The molecule has 5 aromatic rings. The number of rotatable bonds is 2. The molecule has 0 unspecified atom stereocenters. The Morgan fingerprint density at radius 1 is 0.917 bits per heavy atom. The van der Waals surface area contributed by atoms with Crippen molar-refractivity contribution >= 4 is 17.7 Å². The van der Waals surface area contributed by atoms with Gasteiger partial charge in [-0.25, -0.2) is 9.07 Å². The molecule has 1 fully saturated rings. The van der Waals surface area contributed by atoms with Crippen LogP contribution in [0, 0.1) is 5.82 Å². The maximum absolute atomic E-state index is 14.8. The van der Waals surface area contributed by atoms with Crippen LogP contribution in [-0.4, -0.2) is 69.2 Å². The molecule has 48 heavy (non-hydrogen) atoms. The number of halogens is 1. The number of aromatic nitrogens is 3. The third-order valence-electron chi connectivity index (χ3n) is 8.28. The number of hydrogen-bond donors (Lipinski definition) is 2. The quantitative estimate of drug-likeness (QED) is 0.295. The summed E-state index contributed by atoms with van der Waals surface area (Å²) in [5.41, 5.74) is 3.30. The number of nitrogens with one attached hydrogen (secondary N) is 2. The number of carbonyl (C=O) groups excluding carboxylic acids is 3.